The second-order valence-electron chi connectivity index (χ2n) is 7.15. The van der Waals surface area contributed by atoms with E-state index < -0.39 is 4.92 Å². The lowest BCUT2D eigenvalue weighted by Crippen LogP contribution is -2.47. The number of nitro groups is 1. The summed E-state index contributed by atoms with van der Waals surface area (Å²) in [4.78, 5) is 12.5. The van der Waals surface area contributed by atoms with Gasteiger partial charge < -0.3 is 29.2 Å². The minimum absolute atomic E-state index is 0.0161. The summed E-state index contributed by atoms with van der Waals surface area (Å²) in [5.41, 5.74) is 2.19. The third-order valence-corrected chi connectivity index (χ3v) is 5.68. The Hall–Kier alpha value is -3.11. The lowest BCUT2D eigenvalue weighted by Gasteiger charge is -2.39. The smallest absolute Gasteiger partial charge is 0.269 e. The Kier molecular flexibility index (Phi) is 8.07. The van der Waals surface area contributed by atoms with Crippen LogP contribution in [0.25, 0.3) is 0 Å². The van der Waals surface area contributed by atoms with Gasteiger partial charge in [-0.25, -0.2) is 0 Å². The first-order valence-corrected chi connectivity index (χ1v) is 10.5. The summed E-state index contributed by atoms with van der Waals surface area (Å²) in [5, 5.41) is 14.7. The van der Waals surface area contributed by atoms with Crippen molar-refractivity contribution < 1.29 is 23.9 Å². The van der Waals surface area contributed by atoms with Crippen LogP contribution in [0.2, 0.25) is 0 Å². The number of non-ortho nitro benzene ring substituents is 1. The zero-order valence-corrected chi connectivity index (χ0v) is 19.1. The van der Waals surface area contributed by atoms with Gasteiger partial charge in [-0.15, -0.1) is 0 Å². The minimum Gasteiger partial charge on any atom is -0.493 e. The van der Waals surface area contributed by atoms with E-state index in [1.54, 1.807) is 33.5 Å². The second kappa shape index (κ2) is 11.0. The minimum atomic E-state index is -0.438. The summed E-state index contributed by atoms with van der Waals surface area (Å²) < 4.78 is 22.1. The predicted octanol–water partition coefficient (Wildman–Crippen LogP) is 3.11. The first-order valence-electron chi connectivity index (χ1n) is 10.1. The highest BCUT2D eigenvalue weighted by molar-refractivity contribution is 7.80. The number of nitrogens with one attached hydrogen (secondary N) is 1. The average Bonchev–Trinajstić information content (AvgIpc) is 2.81. The lowest BCUT2D eigenvalue weighted by atomic mass is 9.92. The molecule has 32 heavy (non-hydrogen) atoms. The molecule has 0 amide bonds. The molecule has 1 atom stereocenters. The summed E-state index contributed by atoms with van der Waals surface area (Å²) in [6.45, 7) is 2.14. The standard InChI is InChI=1S/C22H27N3O6S/c1-28-11-9-23-22(32)24-10-8-15-12-20(29-2)21(30-3)13-18(15)19(24)14-31-17-6-4-16(5-7-17)25(26)27/h4-7,12-13,19H,8-11,14H2,1-3H3,(H,23,32). The number of fused-ring (bicyclic) bond motifs is 1. The zero-order chi connectivity index (χ0) is 23.1. The summed E-state index contributed by atoms with van der Waals surface area (Å²) in [6, 6.07) is 9.80. The van der Waals surface area contributed by atoms with Crippen molar-refractivity contribution in [1.29, 1.82) is 0 Å². The van der Waals surface area contributed by atoms with Crippen molar-refractivity contribution in [3.05, 3.63) is 57.6 Å². The largest absolute Gasteiger partial charge is 0.493 e. The maximum absolute atomic E-state index is 10.9. The SMILES string of the molecule is COCCNC(=S)N1CCc2cc(OC)c(OC)cc2C1COc1ccc([N+](=O)[O-])cc1. The Bertz CT molecular complexity index is 953. The molecule has 0 aromatic heterocycles. The molecule has 0 bridgehead atoms. The van der Waals surface area contributed by atoms with E-state index in [0.29, 0.717) is 48.7 Å². The molecule has 1 N–H and O–H groups in total. The first kappa shape index (κ1) is 23.6. The molecule has 0 aliphatic carbocycles. The van der Waals surface area contributed by atoms with Gasteiger partial charge in [-0.05, 0) is 54.0 Å². The number of ether oxygens (including phenoxy) is 4. The Labute approximate surface area is 192 Å². The summed E-state index contributed by atoms with van der Waals surface area (Å²) >= 11 is 5.65. The van der Waals surface area contributed by atoms with Gasteiger partial charge in [0.1, 0.15) is 12.4 Å². The number of benzene rings is 2. The van der Waals surface area contributed by atoms with Crippen molar-refractivity contribution in [3.63, 3.8) is 0 Å². The van der Waals surface area contributed by atoms with Crippen molar-refractivity contribution in [3.8, 4) is 17.2 Å². The van der Waals surface area contributed by atoms with Gasteiger partial charge >= 0.3 is 0 Å². The number of thiocarbonyl (C=S) groups is 1. The topological polar surface area (TPSA) is 95.3 Å². The third-order valence-electron chi connectivity index (χ3n) is 5.30. The molecule has 0 saturated heterocycles. The fourth-order valence-electron chi connectivity index (χ4n) is 3.65. The number of rotatable bonds is 9. The van der Waals surface area contributed by atoms with Crippen LogP contribution in [0.4, 0.5) is 5.69 Å². The van der Waals surface area contributed by atoms with Gasteiger partial charge in [0.15, 0.2) is 16.6 Å². The van der Waals surface area contributed by atoms with Crippen molar-refractivity contribution in [2.45, 2.75) is 12.5 Å². The van der Waals surface area contributed by atoms with E-state index in [4.69, 9.17) is 31.2 Å². The number of hydrogen-bond acceptors (Lipinski definition) is 7. The molecule has 1 heterocycles. The highest BCUT2D eigenvalue weighted by atomic mass is 32.1. The summed E-state index contributed by atoms with van der Waals surface area (Å²) in [6.07, 6.45) is 0.788. The van der Waals surface area contributed by atoms with Crippen molar-refractivity contribution >= 4 is 23.0 Å². The van der Waals surface area contributed by atoms with E-state index in [-0.39, 0.29) is 11.7 Å². The Morgan fingerprint density at radius 2 is 1.88 bits per heavy atom. The molecule has 2 aromatic rings. The molecule has 2 aromatic carbocycles. The number of nitrogens with zero attached hydrogens (tertiary/aromatic N) is 2. The fourth-order valence-corrected chi connectivity index (χ4v) is 3.97. The highest BCUT2D eigenvalue weighted by Crippen LogP contribution is 2.38. The molecule has 1 aliphatic rings. The molecule has 0 spiro atoms. The van der Waals surface area contributed by atoms with Gasteiger partial charge in [0.05, 0.1) is 31.8 Å². The molecule has 0 saturated carbocycles. The monoisotopic (exact) mass is 461 g/mol. The Morgan fingerprint density at radius 3 is 2.50 bits per heavy atom. The van der Waals surface area contributed by atoms with Crippen LogP contribution in [0.1, 0.15) is 17.2 Å². The molecule has 0 fully saturated rings. The first-order chi connectivity index (χ1) is 15.5. The molecule has 172 valence electrons. The molecule has 1 aliphatic heterocycles. The maximum Gasteiger partial charge on any atom is 0.269 e. The van der Waals surface area contributed by atoms with E-state index in [0.717, 1.165) is 17.5 Å². The van der Waals surface area contributed by atoms with Gasteiger partial charge in [-0.2, -0.15) is 0 Å². The van der Waals surface area contributed by atoms with Gasteiger partial charge in [0.2, 0.25) is 0 Å². The molecular weight excluding hydrogens is 434 g/mol. The van der Waals surface area contributed by atoms with Crippen molar-refractivity contribution in [2.75, 3.05) is 47.6 Å². The van der Waals surface area contributed by atoms with Crippen molar-refractivity contribution in [1.82, 2.24) is 10.2 Å². The van der Waals surface area contributed by atoms with Crippen LogP contribution < -0.4 is 19.5 Å². The highest BCUT2D eigenvalue weighted by Gasteiger charge is 2.31. The van der Waals surface area contributed by atoms with Crippen LogP contribution >= 0.6 is 12.2 Å². The van der Waals surface area contributed by atoms with Gasteiger partial charge in [0, 0.05) is 32.3 Å². The number of methoxy groups -OCH3 is 3. The van der Waals surface area contributed by atoms with E-state index in [9.17, 15) is 10.1 Å². The van der Waals surface area contributed by atoms with E-state index in [1.165, 1.54) is 12.1 Å². The molecule has 1 unspecified atom stereocenters. The zero-order valence-electron chi connectivity index (χ0n) is 18.3. The number of nitro benzene ring substituents is 1. The summed E-state index contributed by atoms with van der Waals surface area (Å²) in [5.74, 6) is 1.85. The molecule has 10 heteroatoms. The van der Waals surface area contributed by atoms with Crippen LogP contribution in [0, 0.1) is 10.1 Å². The van der Waals surface area contributed by atoms with Gasteiger partial charge in [-0.3, -0.25) is 10.1 Å². The van der Waals surface area contributed by atoms with Crippen molar-refractivity contribution in [2.24, 2.45) is 0 Å². The quantitative estimate of drug-likeness (QED) is 0.262. The van der Waals surface area contributed by atoms with Crippen LogP contribution in [0.15, 0.2) is 36.4 Å². The lowest BCUT2D eigenvalue weighted by molar-refractivity contribution is -0.384. The third kappa shape index (κ3) is 5.38. The van der Waals surface area contributed by atoms with Crippen LogP contribution in [0.5, 0.6) is 17.2 Å². The normalized spacial score (nSPS) is 15.0. The second-order valence-corrected chi connectivity index (χ2v) is 7.54. The van der Waals surface area contributed by atoms with Crippen LogP contribution in [-0.2, 0) is 11.2 Å². The summed E-state index contributed by atoms with van der Waals surface area (Å²) in [7, 11) is 4.86. The van der Waals surface area contributed by atoms with E-state index in [1.807, 2.05) is 12.1 Å². The molecule has 0 radical (unpaired) electrons. The molecule has 3 rings (SSSR count). The van der Waals surface area contributed by atoms with E-state index >= 15 is 0 Å². The Morgan fingerprint density at radius 1 is 1.19 bits per heavy atom. The molecule has 9 nitrogen and oxygen atoms in total. The van der Waals surface area contributed by atoms with Gasteiger partial charge in [-0.1, -0.05) is 0 Å². The predicted molar refractivity (Wildman–Crippen MR) is 124 cm³/mol. The average molecular weight is 462 g/mol. The van der Waals surface area contributed by atoms with Crippen LogP contribution in [-0.4, -0.2) is 62.6 Å². The van der Waals surface area contributed by atoms with Crippen LogP contribution in [0.3, 0.4) is 0 Å². The van der Waals surface area contributed by atoms with E-state index in [2.05, 4.69) is 10.2 Å². The molecular formula is C22H27N3O6S. The fraction of sp³-hybridized carbons (Fsp3) is 0.409. The number of hydrogen-bond donors (Lipinski definition) is 1. The Balaban J connectivity index is 1.87. The van der Waals surface area contributed by atoms with Gasteiger partial charge in [0.25, 0.3) is 5.69 Å². The maximum atomic E-state index is 10.9.